The predicted molar refractivity (Wildman–Crippen MR) is 92.2 cm³/mol. The fourth-order valence-electron chi connectivity index (χ4n) is 2.22. The Morgan fingerprint density at radius 1 is 0.955 bits per heavy atom. The molecule has 0 spiro atoms. The number of rotatable bonds is 4. The van der Waals surface area contributed by atoms with Gasteiger partial charge in [-0.1, -0.05) is 28.1 Å². The third-order valence-electron chi connectivity index (χ3n) is 3.33. The largest absolute Gasteiger partial charge is 0.326 e. The quantitative estimate of drug-likeness (QED) is 0.739. The van der Waals surface area contributed by atoms with E-state index in [9.17, 15) is 4.79 Å². The van der Waals surface area contributed by atoms with Crippen LogP contribution in [-0.2, 0) is 11.2 Å². The summed E-state index contributed by atoms with van der Waals surface area (Å²) in [6.07, 6.45) is 4.35. The van der Waals surface area contributed by atoms with Gasteiger partial charge in [0.05, 0.1) is 6.42 Å². The van der Waals surface area contributed by atoms with Crippen LogP contribution in [0.15, 0.2) is 77.5 Å². The van der Waals surface area contributed by atoms with Crippen LogP contribution in [0.2, 0.25) is 0 Å². The first kappa shape index (κ1) is 14.6. The monoisotopic (exact) mass is 354 g/mol. The number of hydrogen-bond donors (Lipinski definition) is 1. The number of aromatic nitrogens is 1. The molecule has 0 aliphatic carbocycles. The lowest BCUT2D eigenvalue weighted by atomic mass is 10.1. The van der Waals surface area contributed by atoms with Gasteiger partial charge < -0.3 is 9.88 Å². The van der Waals surface area contributed by atoms with Crippen LogP contribution in [0.25, 0.3) is 5.69 Å². The van der Waals surface area contributed by atoms with Crippen LogP contribution < -0.4 is 5.32 Å². The Morgan fingerprint density at radius 3 is 2.23 bits per heavy atom. The molecule has 110 valence electrons. The van der Waals surface area contributed by atoms with Crippen LogP contribution in [0.3, 0.4) is 0 Å². The molecule has 3 rings (SSSR count). The van der Waals surface area contributed by atoms with Gasteiger partial charge in [0.15, 0.2) is 0 Å². The number of nitrogens with one attached hydrogen (secondary N) is 1. The zero-order valence-corrected chi connectivity index (χ0v) is 13.5. The summed E-state index contributed by atoms with van der Waals surface area (Å²) < 4.78 is 3.03. The van der Waals surface area contributed by atoms with E-state index in [0.717, 1.165) is 21.4 Å². The van der Waals surface area contributed by atoms with Gasteiger partial charge in [-0.3, -0.25) is 4.79 Å². The minimum atomic E-state index is -0.0176. The molecule has 22 heavy (non-hydrogen) atoms. The molecule has 0 bridgehead atoms. The van der Waals surface area contributed by atoms with Crippen molar-refractivity contribution in [3.8, 4) is 5.69 Å². The number of carbonyl (C=O) groups is 1. The highest BCUT2D eigenvalue weighted by Gasteiger charge is 2.04. The van der Waals surface area contributed by atoms with E-state index in [0.29, 0.717) is 6.42 Å². The summed E-state index contributed by atoms with van der Waals surface area (Å²) in [5, 5.41) is 2.89. The summed E-state index contributed by atoms with van der Waals surface area (Å²) in [5.74, 6) is -0.0176. The van der Waals surface area contributed by atoms with Crippen molar-refractivity contribution in [2.24, 2.45) is 0 Å². The van der Waals surface area contributed by atoms with E-state index in [2.05, 4.69) is 21.2 Å². The highest BCUT2D eigenvalue weighted by Crippen LogP contribution is 2.15. The van der Waals surface area contributed by atoms with Gasteiger partial charge in [0.1, 0.15) is 0 Å². The second-order valence-electron chi connectivity index (χ2n) is 4.99. The van der Waals surface area contributed by atoms with Gasteiger partial charge in [-0.25, -0.2) is 0 Å². The maximum Gasteiger partial charge on any atom is 0.228 e. The number of nitrogens with zero attached hydrogens (tertiary/aromatic N) is 1. The predicted octanol–water partition coefficient (Wildman–Crippen LogP) is 4.42. The Hall–Kier alpha value is -2.33. The summed E-state index contributed by atoms with van der Waals surface area (Å²) in [5.41, 5.74) is 2.88. The highest BCUT2D eigenvalue weighted by molar-refractivity contribution is 9.10. The Kier molecular flexibility index (Phi) is 4.39. The van der Waals surface area contributed by atoms with Gasteiger partial charge in [0, 0.05) is 28.2 Å². The van der Waals surface area contributed by atoms with E-state index in [1.807, 2.05) is 77.6 Å². The summed E-state index contributed by atoms with van der Waals surface area (Å²) in [6, 6.07) is 19.5. The van der Waals surface area contributed by atoms with E-state index < -0.39 is 0 Å². The van der Waals surface area contributed by atoms with E-state index in [4.69, 9.17) is 0 Å². The van der Waals surface area contributed by atoms with E-state index in [1.165, 1.54) is 0 Å². The first-order valence-electron chi connectivity index (χ1n) is 6.98. The Morgan fingerprint density at radius 2 is 1.59 bits per heavy atom. The van der Waals surface area contributed by atoms with Crippen LogP contribution in [0.1, 0.15) is 5.56 Å². The van der Waals surface area contributed by atoms with E-state index in [-0.39, 0.29) is 5.91 Å². The molecular weight excluding hydrogens is 340 g/mol. The Bertz CT molecular complexity index is 747. The van der Waals surface area contributed by atoms with Crippen molar-refractivity contribution < 1.29 is 4.79 Å². The number of anilines is 1. The van der Waals surface area contributed by atoms with E-state index in [1.54, 1.807) is 0 Å². The number of carbonyl (C=O) groups excluding carboxylic acids is 1. The maximum atomic E-state index is 12.1. The summed E-state index contributed by atoms with van der Waals surface area (Å²) in [4.78, 5) is 12.1. The normalized spacial score (nSPS) is 10.4. The second kappa shape index (κ2) is 6.62. The maximum absolute atomic E-state index is 12.1. The van der Waals surface area contributed by atoms with Crippen molar-refractivity contribution in [2.45, 2.75) is 6.42 Å². The van der Waals surface area contributed by atoms with Gasteiger partial charge in [-0.05, 0) is 54.1 Å². The van der Waals surface area contributed by atoms with Crippen molar-refractivity contribution in [1.29, 1.82) is 0 Å². The van der Waals surface area contributed by atoms with Gasteiger partial charge in [0.25, 0.3) is 0 Å². The fourth-order valence-corrected chi connectivity index (χ4v) is 2.48. The molecule has 1 amide bonds. The molecule has 2 aromatic carbocycles. The molecule has 1 heterocycles. The molecule has 0 aliphatic heterocycles. The lowest BCUT2D eigenvalue weighted by Crippen LogP contribution is -2.14. The molecule has 1 N–H and O–H groups in total. The molecule has 4 heteroatoms. The summed E-state index contributed by atoms with van der Waals surface area (Å²) in [6.45, 7) is 0. The molecule has 0 unspecified atom stereocenters. The molecule has 0 aliphatic rings. The molecule has 3 nitrogen and oxygen atoms in total. The topological polar surface area (TPSA) is 34.0 Å². The minimum absolute atomic E-state index is 0.0176. The van der Waals surface area contributed by atoms with Crippen LogP contribution in [0, 0.1) is 0 Å². The Balaban J connectivity index is 1.63. The molecule has 3 aromatic rings. The third-order valence-corrected chi connectivity index (χ3v) is 3.86. The van der Waals surface area contributed by atoms with Crippen molar-refractivity contribution >= 4 is 27.5 Å². The van der Waals surface area contributed by atoms with Crippen LogP contribution >= 0.6 is 15.9 Å². The van der Waals surface area contributed by atoms with Crippen molar-refractivity contribution in [1.82, 2.24) is 4.57 Å². The molecule has 0 radical (unpaired) electrons. The minimum Gasteiger partial charge on any atom is -0.326 e. The summed E-state index contributed by atoms with van der Waals surface area (Å²) >= 11 is 3.37. The molecule has 1 aromatic heterocycles. The average molecular weight is 355 g/mol. The first-order valence-corrected chi connectivity index (χ1v) is 7.78. The number of hydrogen-bond acceptors (Lipinski definition) is 1. The Labute approximate surface area is 137 Å². The van der Waals surface area contributed by atoms with Crippen molar-refractivity contribution in [3.05, 3.63) is 83.1 Å². The van der Waals surface area contributed by atoms with Gasteiger partial charge in [-0.15, -0.1) is 0 Å². The SMILES string of the molecule is O=C(Cc1ccc(-n2cccc2)cc1)Nc1ccc(Br)cc1. The van der Waals surface area contributed by atoms with Crippen LogP contribution in [0.4, 0.5) is 5.69 Å². The highest BCUT2D eigenvalue weighted by atomic mass is 79.9. The van der Waals surface area contributed by atoms with E-state index >= 15 is 0 Å². The number of benzene rings is 2. The zero-order chi connectivity index (χ0) is 15.4. The molecule has 0 saturated heterocycles. The van der Waals surface area contributed by atoms with Crippen molar-refractivity contribution in [3.63, 3.8) is 0 Å². The standard InChI is InChI=1S/C18H15BrN2O/c19-15-5-7-16(8-6-15)20-18(22)13-14-3-9-17(10-4-14)21-11-1-2-12-21/h1-12H,13H2,(H,20,22). The molecular formula is C18H15BrN2O. The second-order valence-corrected chi connectivity index (χ2v) is 5.90. The first-order chi connectivity index (χ1) is 10.7. The van der Waals surface area contributed by atoms with Gasteiger partial charge in [-0.2, -0.15) is 0 Å². The average Bonchev–Trinajstić information content (AvgIpc) is 3.05. The molecule has 0 fully saturated rings. The zero-order valence-electron chi connectivity index (χ0n) is 11.9. The van der Waals surface area contributed by atoms with Crippen LogP contribution in [0.5, 0.6) is 0 Å². The lowest BCUT2D eigenvalue weighted by Gasteiger charge is -2.07. The molecule has 0 atom stereocenters. The number of halogens is 1. The van der Waals surface area contributed by atoms with Crippen LogP contribution in [-0.4, -0.2) is 10.5 Å². The number of amides is 1. The summed E-state index contributed by atoms with van der Waals surface area (Å²) in [7, 11) is 0. The smallest absolute Gasteiger partial charge is 0.228 e. The fraction of sp³-hybridized carbons (Fsp3) is 0.0556. The van der Waals surface area contributed by atoms with Gasteiger partial charge in [0.2, 0.25) is 5.91 Å². The van der Waals surface area contributed by atoms with Gasteiger partial charge >= 0.3 is 0 Å². The lowest BCUT2D eigenvalue weighted by molar-refractivity contribution is -0.115. The third kappa shape index (κ3) is 3.65. The molecule has 0 saturated carbocycles. The van der Waals surface area contributed by atoms with Crippen molar-refractivity contribution in [2.75, 3.05) is 5.32 Å².